The van der Waals surface area contributed by atoms with E-state index in [1.54, 1.807) is 0 Å². The minimum absolute atomic E-state index is 0.628. The zero-order valence-electron chi connectivity index (χ0n) is 9.26. The van der Waals surface area contributed by atoms with Crippen LogP contribution in [-0.2, 0) is 0 Å². The zero-order valence-corrected chi connectivity index (χ0v) is 9.26. The van der Waals surface area contributed by atoms with Gasteiger partial charge in [0.25, 0.3) is 0 Å². The number of pyridine rings is 1. The first-order chi connectivity index (χ1) is 7.90. The van der Waals surface area contributed by atoms with Gasteiger partial charge in [-0.3, -0.25) is 4.98 Å². The van der Waals surface area contributed by atoms with Crippen LogP contribution in [-0.4, -0.2) is 11.5 Å². The zero-order chi connectivity index (χ0) is 11.0. The van der Waals surface area contributed by atoms with Gasteiger partial charge in [0.15, 0.2) is 0 Å². The molecular weight excluding hydrogens is 196 g/mol. The molecule has 16 heavy (non-hydrogen) atoms. The maximum Gasteiger partial charge on any atom is 0.0736 e. The van der Waals surface area contributed by atoms with Crippen molar-refractivity contribution in [1.29, 1.82) is 0 Å². The Labute approximate surface area is 95.5 Å². The molecule has 1 fully saturated rings. The van der Waals surface area contributed by atoms with Gasteiger partial charge in [-0.2, -0.15) is 0 Å². The third kappa shape index (κ3) is 1.41. The van der Waals surface area contributed by atoms with Crippen molar-refractivity contribution in [2.24, 2.45) is 11.7 Å². The highest BCUT2D eigenvalue weighted by atomic mass is 14.7. The van der Waals surface area contributed by atoms with Crippen molar-refractivity contribution in [3.05, 3.63) is 42.1 Å². The van der Waals surface area contributed by atoms with Crippen LogP contribution in [0.15, 0.2) is 36.5 Å². The van der Waals surface area contributed by atoms with Crippen molar-refractivity contribution in [3.8, 4) is 0 Å². The van der Waals surface area contributed by atoms with Gasteiger partial charge < -0.3 is 5.73 Å². The lowest BCUT2D eigenvalue weighted by Gasteiger charge is -2.36. The van der Waals surface area contributed by atoms with Crippen LogP contribution >= 0.6 is 0 Å². The minimum Gasteiger partial charge on any atom is -0.330 e. The molecule has 1 aliphatic carbocycles. The molecule has 0 saturated heterocycles. The number of nitrogens with two attached hydrogens (primary N) is 1. The van der Waals surface area contributed by atoms with Crippen LogP contribution in [0.1, 0.15) is 24.3 Å². The maximum atomic E-state index is 5.79. The number of hydrogen-bond donors (Lipinski definition) is 1. The second-order valence-electron chi connectivity index (χ2n) is 4.60. The SMILES string of the molecule is NCC1CCC1c1cccc2cccnc12. The molecule has 0 amide bonds. The van der Waals surface area contributed by atoms with Gasteiger partial charge in [-0.25, -0.2) is 0 Å². The molecule has 1 saturated carbocycles. The summed E-state index contributed by atoms with van der Waals surface area (Å²) in [6.07, 6.45) is 4.41. The van der Waals surface area contributed by atoms with Crippen LogP contribution in [0.2, 0.25) is 0 Å². The highest BCUT2D eigenvalue weighted by molar-refractivity contribution is 5.82. The van der Waals surface area contributed by atoms with Crippen molar-refractivity contribution < 1.29 is 0 Å². The van der Waals surface area contributed by atoms with Crippen LogP contribution < -0.4 is 5.73 Å². The van der Waals surface area contributed by atoms with E-state index in [4.69, 9.17) is 5.73 Å². The molecule has 0 radical (unpaired) electrons. The van der Waals surface area contributed by atoms with Gasteiger partial charge in [0.05, 0.1) is 5.52 Å². The molecule has 82 valence electrons. The Morgan fingerprint density at radius 1 is 1.19 bits per heavy atom. The van der Waals surface area contributed by atoms with E-state index in [0.717, 1.165) is 12.1 Å². The Morgan fingerprint density at radius 3 is 2.81 bits per heavy atom. The van der Waals surface area contributed by atoms with E-state index in [9.17, 15) is 0 Å². The Bertz CT molecular complexity index is 500. The first kappa shape index (κ1) is 9.79. The van der Waals surface area contributed by atoms with Crippen LogP contribution in [0.4, 0.5) is 0 Å². The molecule has 1 aromatic carbocycles. The summed E-state index contributed by atoms with van der Waals surface area (Å²) in [5.74, 6) is 1.29. The summed E-state index contributed by atoms with van der Waals surface area (Å²) in [6, 6.07) is 10.6. The summed E-state index contributed by atoms with van der Waals surface area (Å²) in [6.45, 7) is 0.799. The van der Waals surface area contributed by atoms with Gasteiger partial charge >= 0.3 is 0 Å². The van der Waals surface area contributed by atoms with Crippen LogP contribution in [0, 0.1) is 5.92 Å². The number of hydrogen-bond acceptors (Lipinski definition) is 2. The van der Waals surface area contributed by atoms with Crippen LogP contribution in [0.5, 0.6) is 0 Å². The van der Waals surface area contributed by atoms with Gasteiger partial charge in [-0.15, -0.1) is 0 Å². The van der Waals surface area contributed by atoms with Gasteiger partial charge in [0.1, 0.15) is 0 Å². The smallest absolute Gasteiger partial charge is 0.0736 e. The van der Waals surface area contributed by atoms with Crippen LogP contribution in [0.3, 0.4) is 0 Å². The number of para-hydroxylation sites is 1. The number of fused-ring (bicyclic) bond motifs is 1. The summed E-state index contributed by atoms with van der Waals surface area (Å²) < 4.78 is 0. The normalized spacial score (nSPS) is 24.3. The monoisotopic (exact) mass is 212 g/mol. The summed E-state index contributed by atoms with van der Waals surface area (Å²) in [5, 5.41) is 1.24. The van der Waals surface area contributed by atoms with E-state index in [1.807, 2.05) is 12.3 Å². The van der Waals surface area contributed by atoms with E-state index in [0.29, 0.717) is 11.8 Å². The topological polar surface area (TPSA) is 38.9 Å². The Balaban J connectivity index is 2.09. The third-order valence-electron chi connectivity index (χ3n) is 3.78. The van der Waals surface area contributed by atoms with E-state index >= 15 is 0 Å². The number of benzene rings is 1. The molecule has 0 spiro atoms. The second-order valence-corrected chi connectivity index (χ2v) is 4.60. The minimum atomic E-state index is 0.628. The molecule has 2 nitrogen and oxygen atoms in total. The van der Waals surface area contributed by atoms with Gasteiger partial charge in [-0.1, -0.05) is 24.3 Å². The number of aromatic nitrogens is 1. The van der Waals surface area contributed by atoms with Gasteiger partial charge in [-0.05, 0) is 42.9 Å². The average molecular weight is 212 g/mol. The molecule has 2 aromatic rings. The Morgan fingerprint density at radius 2 is 2.06 bits per heavy atom. The van der Waals surface area contributed by atoms with Gasteiger partial charge in [0.2, 0.25) is 0 Å². The van der Waals surface area contributed by atoms with E-state index in [2.05, 4.69) is 29.2 Å². The van der Waals surface area contributed by atoms with Crippen molar-refractivity contribution >= 4 is 10.9 Å². The number of nitrogens with zero attached hydrogens (tertiary/aromatic N) is 1. The number of rotatable bonds is 2. The lowest BCUT2D eigenvalue weighted by atomic mass is 9.69. The molecule has 2 unspecified atom stereocenters. The standard InChI is InChI=1S/C14H16N2/c15-9-11-6-7-12(11)13-5-1-3-10-4-2-8-16-14(10)13/h1-5,8,11-12H,6-7,9,15H2. The van der Waals surface area contributed by atoms with E-state index in [-0.39, 0.29) is 0 Å². The highest BCUT2D eigenvalue weighted by Crippen LogP contribution is 2.43. The fourth-order valence-corrected chi connectivity index (χ4v) is 2.69. The molecule has 1 aliphatic rings. The first-order valence-electron chi connectivity index (χ1n) is 5.94. The molecule has 0 bridgehead atoms. The van der Waals surface area contributed by atoms with Crippen LogP contribution in [0.25, 0.3) is 10.9 Å². The summed E-state index contributed by atoms with van der Waals surface area (Å²) in [4.78, 5) is 4.51. The van der Waals surface area contributed by atoms with Crippen molar-refractivity contribution in [2.45, 2.75) is 18.8 Å². The van der Waals surface area contributed by atoms with E-state index in [1.165, 1.54) is 23.8 Å². The molecule has 1 aromatic heterocycles. The first-order valence-corrected chi connectivity index (χ1v) is 5.94. The fourth-order valence-electron chi connectivity index (χ4n) is 2.69. The van der Waals surface area contributed by atoms with Gasteiger partial charge in [0, 0.05) is 11.6 Å². The molecular formula is C14H16N2. The van der Waals surface area contributed by atoms with Crippen molar-refractivity contribution in [3.63, 3.8) is 0 Å². The second kappa shape index (κ2) is 3.87. The molecule has 1 heterocycles. The summed E-state index contributed by atoms with van der Waals surface area (Å²) >= 11 is 0. The lowest BCUT2D eigenvalue weighted by Crippen LogP contribution is -2.30. The Hall–Kier alpha value is -1.41. The van der Waals surface area contributed by atoms with Crippen molar-refractivity contribution in [1.82, 2.24) is 4.98 Å². The molecule has 2 atom stereocenters. The molecule has 3 rings (SSSR count). The van der Waals surface area contributed by atoms with Crippen molar-refractivity contribution in [2.75, 3.05) is 6.54 Å². The quantitative estimate of drug-likeness (QED) is 0.831. The largest absolute Gasteiger partial charge is 0.330 e. The third-order valence-corrected chi connectivity index (χ3v) is 3.78. The Kier molecular flexibility index (Phi) is 2.37. The lowest BCUT2D eigenvalue weighted by molar-refractivity contribution is 0.265. The summed E-state index contributed by atoms with van der Waals surface area (Å²) in [7, 11) is 0. The predicted molar refractivity (Wildman–Crippen MR) is 66.3 cm³/mol. The molecule has 2 heteroatoms. The maximum absolute atomic E-state index is 5.79. The summed E-state index contributed by atoms with van der Waals surface area (Å²) in [5.41, 5.74) is 8.33. The molecule has 0 aliphatic heterocycles. The predicted octanol–water partition coefficient (Wildman–Crippen LogP) is 2.69. The molecule has 2 N–H and O–H groups in total. The average Bonchev–Trinajstić information content (AvgIpc) is 2.29. The highest BCUT2D eigenvalue weighted by Gasteiger charge is 2.31. The van der Waals surface area contributed by atoms with E-state index < -0.39 is 0 Å². The fraction of sp³-hybridized carbons (Fsp3) is 0.357.